The van der Waals surface area contributed by atoms with E-state index in [0.717, 1.165) is 10.9 Å². The van der Waals surface area contributed by atoms with Gasteiger partial charge >= 0.3 is 5.97 Å². The molecule has 2 aromatic rings. The Morgan fingerprint density at radius 2 is 2.19 bits per heavy atom. The standard InChI is InChI=1S/C12H12ClNO2/c1-8(12(15)16-2)14-7-6-9-10(13)4-3-5-11(9)14/h3-8H,1-2H3. The molecular weight excluding hydrogens is 226 g/mol. The Morgan fingerprint density at radius 1 is 1.44 bits per heavy atom. The van der Waals surface area contributed by atoms with E-state index in [1.165, 1.54) is 7.11 Å². The molecule has 2 rings (SSSR count). The molecule has 1 atom stereocenters. The minimum absolute atomic E-state index is 0.266. The minimum atomic E-state index is -0.346. The maximum absolute atomic E-state index is 11.5. The number of ether oxygens (including phenoxy) is 1. The van der Waals surface area contributed by atoms with Crippen molar-refractivity contribution in [3.8, 4) is 0 Å². The maximum atomic E-state index is 11.5. The molecule has 1 aromatic heterocycles. The van der Waals surface area contributed by atoms with Crippen molar-refractivity contribution in [1.82, 2.24) is 4.57 Å². The van der Waals surface area contributed by atoms with Gasteiger partial charge in [-0.15, -0.1) is 0 Å². The van der Waals surface area contributed by atoms with E-state index in [4.69, 9.17) is 16.3 Å². The average Bonchev–Trinajstić information content (AvgIpc) is 2.72. The van der Waals surface area contributed by atoms with E-state index in [-0.39, 0.29) is 12.0 Å². The van der Waals surface area contributed by atoms with Crippen molar-refractivity contribution in [2.75, 3.05) is 7.11 Å². The Kier molecular flexibility index (Phi) is 2.88. The van der Waals surface area contributed by atoms with E-state index in [0.29, 0.717) is 5.02 Å². The Morgan fingerprint density at radius 3 is 2.88 bits per heavy atom. The summed E-state index contributed by atoms with van der Waals surface area (Å²) in [5, 5.41) is 1.63. The number of methoxy groups -OCH3 is 1. The fourth-order valence-corrected chi connectivity index (χ4v) is 2.01. The molecule has 0 aliphatic rings. The quantitative estimate of drug-likeness (QED) is 0.752. The molecule has 4 heteroatoms. The number of fused-ring (bicyclic) bond motifs is 1. The van der Waals surface area contributed by atoms with Crippen LogP contribution in [0.2, 0.25) is 5.02 Å². The van der Waals surface area contributed by atoms with Crippen molar-refractivity contribution in [3.05, 3.63) is 35.5 Å². The lowest BCUT2D eigenvalue weighted by atomic mass is 10.2. The predicted octanol–water partition coefficient (Wildman–Crippen LogP) is 3.03. The van der Waals surface area contributed by atoms with Crippen molar-refractivity contribution in [2.45, 2.75) is 13.0 Å². The summed E-state index contributed by atoms with van der Waals surface area (Å²) in [6, 6.07) is 7.18. The number of carbonyl (C=O) groups excluding carboxylic acids is 1. The van der Waals surface area contributed by atoms with Gasteiger partial charge in [0, 0.05) is 16.6 Å². The van der Waals surface area contributed by atoms with Gasteiger partial charge in [0.15, 0.2) is 0 Å². The van der Waals surface area contributed by atoms with Crippen LogP contribution in [0, 0.1) is 0 Å². The number of benzene rings is 1. The van der Waals surface area contributed by atoms with Crippen molar-refractivity contribution < 1.29 is 9.53 Å². The van der Waals surface area contributed by atoms with Gasteiger partial charge in [-0.3, -0.25) is 0 Å². The van der Waals surface area contributed by atoms with Crippen LogP contribution in [0.3, 0.4) is 0 Å². The molecule has 0 spiro atoms. The summed E-state index contributed by atoms with van der Waals surface area (Å²) in [4.78, 5) is 11.5. The summed E-state index contributed by atoms with van der Waals surface area (Å²) < 4.78 is 6.58. The molecule has 84 valence electrons. The molecule has 0 saturated heterocycles. The topological polar surface area (TPSA) is 31.2 Å². The first kappa shape index (κ1) is 11.0. The highest BCUT2D eigenvalue weighted by Crippen LogP contribution is 2.26. The summed E-state index contributed by atoms with van der Waals surface area (Å²) in [6.07, 6.45) is 1.85. The van der Waals surface area contributed by atoms with Gasteiger partial charge in [0.05, 0.1) is 12.6 Å². The van der Waals surface area contributed by atoms with Crippen LogP contribution in [0.5, 0.6) is 0 Å². The fourth-order valence-electron chi connectivity index (χ4n) is 1.77. The zero-order chi connectivity index (χ0) is 11.7. The van der Waals surface area contributed by atoms with Crippen molar-refractivity contribution >= 4 is 28.5 Å². The Bertz CT molecular complexity index is 533. The van der Waals surface area contributed by atoms with Gasteiger partial charge in [0.2, 0.25) is 0 Å². The fraction of sp³-hybridized carbons (Fsp3) is 0.250. The summed E-state index contributed by atoms with van der Waals surface area (Å²) in [5.74, 6) is -0.266. The van der Waals surface area contributed by atoms with Gasteiger partial charge < -0.3 is 9.30 Å². The number of hydrogen-bond acceptors (Lipinski definition) is 2. The van der Waals surface area contributed by atoms with E-state index in [1.807, 2.05) is 35.0 Å². The summed E-state index contributed by atoms with van der Waals surface area (Å²) in [6.45, 7) is 1.80. The highest BCUT2D eigenvalue weighted by Gasteiger charge is 2.17. The first-order valence-corrected chi connectivity index (χ1v) is 5.36. The Labute approximate surface area is 98.6 Å². The summed E-state index contributed by atoms with van der Waals surface area (Å²) in [7, 11) is 1.39. The first-order valence-electron chi connectivity index (χ1n) is 4.98. The average molecular weight is 238 g/mol. The highest BCUT2D eigenvalue weighted by atomic mass is 35.5. The van der Waals surface area contributed by atoms with E-state index >= 15 is 0 Å². The third-order valence-electron chi connectivity index (χ3n) is 2.67. The van der Waals surface area contributed by atoms with Crippen LogP contribution in [0.4, 0.5) is 0 Å². The summed E-state index contributed by atoms with van der Waals surface area (Å²) in [5.41, 5.74) is 0.936. The molecule has 3 nitrogen and oxygen atoms in total. The van der Waals surface area contributed by atoms with Crippen LogP contribution < -0.4 is 0 Å². The van der Waals surface area contributed by atoms with Crippen molar-refractivity contribution in [1.29, 1.82) is 0 Å². The zero-order valence-electron chi connectivity index (χ0n) is 9.11. The molecule has 0 fully saturated rings. The molecule has 0 radical (unpaired) electrons. The number of hydrogen-bond donors (Lipinski definition) is 0. The lowest BCUT2D eigenvalue weighted by Crippen LogP contribution is -2.16. The molecule has 1 aromatic carbocycles. The molecule has 0 N–H and O–H groups in total. The van der Waals surface area contributed by atoms with Gasteiger partial charge in [-0.2, -0.15) is 0 Å². The first-order chi connectivity index (χ1) is 7.65. The van der Waals surface area contributed by atoms with E-state index in [1.54, 1.807) is 6.92 Å². The number of halogens is 1. The monoisotopic (exact) mass is 237 g/mol. The highest BCUT2D eigenvalue weighted by molar-refractivity contribution is 6.35. The van der Waals surface area contributed by atoms with Crippen LogP contribution in [0.25, 0.3) is 10.9 Å². The Hall–Kier alpha value is -1.48. The molecule has 1 unspecified atom stereocenters. The van der Waals surface area contributed by atoms with Crippen LogP contribution in [-0.2, 0) is 9.53 Å². The number of aromatic nitrogens is 1. The second-order valence-electron chi connectivity index (χ2n) is 3.59. The predicted molar refractivity (Wildman–Crippen MR) is 63.7 cm³/mol. The Balaban J connectivity index is 2.54. The van der Waals surface area contributed by atoms with E-state index in [2.05, 4.69) is 0 Å². The van der Waals surface area contributed by atoms with Crippen LogP contribution in [-0.4, -0.2) is 17.6 Å². The van der Waals surface area contributed by atoms with Crippen LogP contribution in [0.1, 0.15) is 13.0 Å². The molecule has 0 aliphatic carbocycles. The second kappa shape index (κ2) is 4.18. The molecule has 0 saturated carbocycles. The molecule has 0 aliphatic heterocycles. The largest absolute Gasteiger partial charge is 0.467 e. The lowest BCUT2D eigenvalue weighted by Gasteiger charge is -2.12. The SMILES string of the molecule is COC(=O)C(C)n1ccc2c(Cl)cccc21. The van der Waals surface area contributed by atoms with Gasteiger partial charge in [-0.25, -0.2) is 4.79 Å². The normalized spacial score (nSPS) is 12.7. The van der Waals surface area contributed by atoms with Gasteiger partial charge in [-0.05, 0) is 25.1 Å². The molecule has 1 heterocycles. The van der Waals surface area contributed by atoms with Gasteiger partial charge in [0.25, 0.3) is 0 Å². The third-order valence-corrected chi connectivity index (χ3v) is 3.00. The molecule has 16 heavy (non-hydrogen) atoms. The van der Waals surface area contributed by atoms with E-state index < -0.39 is 0 Å². The zero-order valence-corrected chi connectivity index (χ0v) is 9.86. The van der Waals surface area contributed by atoms with Gasteiger partial charge in [-0.1, -0.05) is 17.7 Å². The van der Waals surface area contributed by atoms with Crippen LogP contribution in [0.15, 0.2) is 30.5 Å². The van der Waals surface area contributed by atoms with Crippen LogP contribution >= 0.6 is 11.6 Å². The summed E-state index contributed by atoms with van der Waals surface area (Å²) >= 11 is 6.06. The molecule has 0 amide bonds. The second-order valence-corrected chi connectivity index (χ2v) is 4.00. The van der Waals surface area contributed by atoms with E-state index in [9.17, 15) is 4.79 Å². The molecule has 0 bridgehead atoms. The van der Waals surface area contributed by atoms with Crippen molar-refractivity contribution in [2.24, 2.45) is 0 Å². The molecular formula is C12H12ClNO2. The maximum Gasteiger partial charge on any atom is 0.328 e. The lowest BCUT2D eigenvalue weighted by molar-refractivity contribution is -0.143. The third kappa shape index (κ3) is 1.67. The number of nitrogens with zero attached hydrogens (tertiary/aromatic N) is 1. The number of esters is 1. The number of rotatable bonds is 2. The minimum Gasteiger partial charge on any atom is -0.467 e. The van der Waals surface area contributed by atoms with Crippen molar-refractivity contribution in [3.63, 3.8) is 0 Å². The van der Waals surface area contributed by atoms with Gasteiger partial charge in [0.1, 0.15) is 6.04 Å². The number of carbonyl (C=O) groups is 1. The smallest absolute Gasteiger partial charge is 0.328 e.